The monoisotopic (exact) mass is 331 g/mol. The van der Waals surface area contributed by atoms with Gasteiger partial charge in [-0.15, -0.1) is 0 Å². The Labute approximate surface area is 130 Å². The van der Waals surface area contributed by atoms with Gasteiger partial charge in [-0.3, -0.25) is 0 Å². The summed E-state index contributed by atoms with van der Waals surface area (Å²) in [7, 11) is 0. The fourth-order valence-corrected chi connectivity index (χ4v) is 2.89. The Bertz CT molecular complexity index is 549. The maximum atomic E-state index is 3.70. The van der Waals surface area contributed by atoms with E-state index >= 15 is 0 Å². The van der Waals surface area contributed by atoms with Crippen molar-refractivity contribution in [2.24, 2.45) is 5.92 Å². The second-order valence-corrected chi connectivity index (χ2v) is 6.61. The predicted molar refractivity (Wildman–Crippen MR) is 91.1 cm³/mol. The standard InChI is InChI=1S/C18H22BrN/c1-13(2)11-18(15-7-5-4-6-8-15)20-17-10-9-16(19)12-14(17)3/h4-10,12-13,18,20H,11H2,1-3H3. The smallest absolute Gasteiger partial charge is 0.0516 e. The third-order valence-corrected chi connectivity index (χ3v) is 3.92. The molecule has 0 bridgehead atoms. The Balaban J connectivity index is 2.24. The highest BCUT2D eigenvalue weighted by molar-refractivity contribution is 9.10. The molecule has 0 saturated heterocycles. The summed E-state index contributed by atoms with van der Waals surface area (Å²) in [6.45, 7) is 6.68. The Morgan fingerprint density at radius 3 is 2.35 bits per heavy atom. The van der Waals surface area contributed by atoms with Gasteiger partial charge in [0.1, 0.15) is 0 Å². The summed E-state index contributed by atoms with van der Waals surface area (Å²) in [6, 6.07) is 17.4. The van der Waals surface area contributed by atoms with E-state index in [-0.39, 0.29) is 0 Å². The number of benzene rings is 2. The first-order valence-electron chi connectivity index (χ1n) is 7.14. The lowest BCUT2D eigenvalue weighted by atomic mass is 9.96. The quantitative estimate of drug-likeness (QED) is 0.713. The van der Waals surface area contributed by atoms with Crippen molar-refractivity contribution in [1.82, 2.24) is 0 Å². The van der Waals surface area contributed by atoms with Gasteiger partial charge in [0.2, 0.25) is 0 Å². The van der Waals surface area contributed by atoms with Gasteiger partial charge in [0.15, 0.2) is 0 Å². The van der Waals surface area contributed by atoms with Gasteiger partial charge in [-0.2, -0.15) is 0 Å². The molecule has 0 saturated carbocycles. The van der Waals surface area contributed by atoms with Crippen molar-refractivity contribution >= 4 is 21.6 Å². The Morgan fingerprint density at radius 2 is 1.75 bits per heavy atom. The van der Waals surface area contributed by atoms with Crippen molar-refractivity contribution in [2.45, 2.75) is 33.2 Å². The maximum Gasteiger partial charge on any atom is 0.0516 e. The van der Waals surface area contributed by atoms with Crippen LogP contribution in [0.4, 0.5) is 5.69 Å². The number of halogens is 1. The van der Waals surface area contributed by atoms with Crippen LogP contribution in [0.2, 0.25) is 0 Å². The average Bonchev–Trinajstić information content (AvgIpc) is 2.41. The van der Waals surface area contributed by atoms with Crippen LogP contribution in [-0.4, -0.2) is 0 Å². The van der Waals surface area contributed by atoms with Crippen LogP contribution in [0.25, 0.3) is 0 Å². The second-order valence-electron chi connectivity index (χ2n) is 5.70. The molecule has 1 atom stereocenters. The summed E-state index contributed by atoms with van der Waals surface area (Å²) in [5.74, 6) is 0.656. The molecule has 106 valence electrons. The van der Waals surface area contributed by atoms with Crippen LogP contribution in [0.3, 0.4) is 0 Å². The van der Waals surface area contributed by atoms with Crippen molar-refractivity contribution < 1.29 is 0 Å². The summed E-state index contributed by atoms with van der Waals surface area (Å²) in [6.07, 6.45) is 1.12. The molecule has 1 unspecified atom stereocenters. The van der Waals surface area contributed by atoms with E-state index in [1.54, 1.807) is 0 Å². The van der Waals surface area contributed by atoms with Crippen LogP contribution in [-0.2, 0) is 0 Å². The first-order valence-corrected chi connectivity index (χ1v) is 7.93. The molecule has 2 heteroatoms. The van der Waals surface area contributed by atoms with E-state index in [0.29, 0.717) is 12.0 Å². The lowest BCUT2D eigenvalue weighted by Crippen LogP contribution is -2.14. The van der Waals surface area contributed by atoms with Crippen molar-refractivity contribution in [3.05, 3.63) is 64.1 Å². The molecule has 2 rings (SSSR count). The van der Waals surface area contributed by atoms with Crippen molar-refractivity contribution in [3.63, 3.8) is 0 Å². The van der Waals surface area contributed by atoms with E-state index in [1.165, 1.54) is 16.8 Å². The minimum absolute atomic E-state index is 0.357. The molecule has 20 heavy (non-hydrogen) atoms. The van der Waals surface area contributed by atoms with E-state index in [0.717, 1.165) is 10.9 Å². The normalized spacial score (nSPS) is 12.4. The molecule has 0 amide bonds. The van der Waals surface area contributed by atoms with Crippen LogP contribution in [0.1, 0.15) is 37.4 Å². The van der Waals surface area contributed by atoms with Crippen molar-refractivity contribution in [2.75, 3.05) is 5.32 Å². The largest absolute Gasteiger partial charge is 0.378 e. The summed E-state index contributed by atoms with van der Waals surface area (Å²) in [5.41, 5.74) is 3.83. The molecule has 0 aliphatic rings. The minimum atomic E-state index is 0.357. The summed E-state index contributed by atoms with van der Waals surface area (Å²) in [4.78, 5) is 0. The lowest BCUT2D eigenvalue weighted by Gasteiger charge is -2.23. The van der Waals surface area contributed by atoms with E-state index in [1.807, 2.05) is 0 Å². The molecular weight excluding hydrogens is 310 g/mol. The van der Waals surface area contributed by atoms with Crippen LogP contribution in [0.15, 0.2) is 53.0 Å². The summed E-state index contributed by atoms with van der Waals surface area (Å²) in [5, 5.41) is 3.70. The van der Waals surface area contributed by atoms with Gasteiger partial charge in [-0.25, -0.2) is 0 Å². The number of anilines is 1. The summed E-state index contributed by atoms with van der Waals surface area (Å²) < 4.78 is 1.13. The fourth-order valence-electron chi connectivity index (χ4n) is 2.41. The van der Waals surface area contributed by atoms with Crippen LogP contribution in [0.5, 0.6) is 0 Å². The van der Waals surface area contributed by atoms with Gasteiger partial charge < -0.3 is 5.32 Å². The molecule has 0 aliphatic carbocycles. The van der Waals surface area contributed by atoms with Gasteiger partial charge in [0.25, 0.3) is 0 Å². The number of aryl methyl sites for hydroxylation is 1. The third-order valence-electron chi connectivity index (χ3n) is 3.43. The van der Waals surface area contributed by atoms with Crippen molar-refractivity contribution in [1.29, 1.82) is 0 Å². The molecule has 0 aliphatic heterocycles. The first-order chi connectivity index (χ1) is 9.56. The summed E-state index contributed by atoms with van der Waals surface area (Å²) >= 11 is 3.52. The predicted octanol–water partition coefficient (Wildman–Crippen LogP) is 5.96. The molecule has 0 fully saturated rings. The number of nitrogens with one attached hydrogen (secondary N) is 1. The van der Waals surface area contributed by atoms with Crippen molar-refractivity contribution in [3.8, 4) is 0 Å². The molecule has 0 heterocycles. The Kier molecular flexibility index (Phi) is 5.24. The van der Waals surface area contributed by atoms with E-state index in [9.17, 15) is 0 Å². The molecule has 1 N–H and O–H groups in total. The zero-order chi connectivity index (χ0) is 14.5. The van der Waals surface area contributed by atoms with Crippen LogP contribution in [0, 0.1) is 12.8 Å². The van der Waals surface area contributed by atoms with E-state index in [4.69, 9.17) is 0 Å². The number of hydrogen-bond acceptors (Lipinski definition) is 1. The zero-order valence-electron chi connectivity index (χ0n) is 12.4. The molecule has 0 radical (unpaired) electrons. The molecule has 0 spiro atoms. The molecule has 2 aromatic carbocycles. The highest BCUT2D eigenvalue weighted by atomic mass is 79.9. The molecular formula is C18H22BrN. The van der Waals surface area contributed by atoms with E-state index < -0.39 is 0 Å². The Hall–Kier alpha value is -1.28. The SMILES string of the molecule is Cc1cc(Br)ccc1NC(CC(C)C)c1ccccc1. The number of rotatable bonds is 5. The van der Waals surface area contributed by atoms with E-state index in [2.05, 4.69) is 90.5 Å². The van der Waals surface area contributed by atoms with Crippen LogP contribution < -0.4 is 5.32 Å². The molecule has 2 aromatic rings. The highest BCUT2D eigenvalue weighted by Crippen LogP contribution is 2.28. The second kappa shape index (κ2) is 6.94. The first kappa shape index (κ1) is 15.1. The fraction of sp³-hybridized carbons (Fsp3) is 0.333. The molecule has 1 nitrogen and oxygen atoms in total. The average molecular weight is 332 g/mol. The van der Waals surface area contributed by atoms with Gasteiger partial charge in [-0.05, 0) is 48.6 Å². The molecule has 0 aromatic heterocycles. The topological polar surface area (TPSA) is 12.0 Å². The third kappa shape index (κ3) is 4.11. The lowest BCUT2D eigenvalue weighted by molar-refractivity contribution is 0.531. The maximum absolute atomic E-state index is 3.70. The van der Waals surface area contributed by atoms with Gasteiger partial charge in [0.05, 0.1) is 6.04 Å². The number of hydrogen-bond donors (Lipinski definition) is 1. The highest BCUT2D eigenvalue weighted by Gasteiger charge is 2.14. The van der Waals surface area contributed by atoms with Gasteiger partial charge >= 0.3 is 0 Å². The zero-order valence-corrected chi connectivity index (χ0v) is 13.9. The van der Waals surface area contributed by atoms with Gasteiger partial charge in [0, 0.05) is 10.2 Å². The van der Waals surface area contributed by atoms with Crippen LogP contribution >= 0.6 is 15.9 Å². The minimum Gasteiger partial charge on any atom is -0.378 e. The Morgan fingerprint density at radius 1 is 1.05 bits per heavy atom. The van der Waals surface area contributed by atoms with Gasteiger partial charge in [-0.1, -0.05) is 60.1 Å².